The Morgan fingerprint density at radius 1 is 1.03 bits per heavy atom. The molecule has 0 bridgehead atoms. The summed E-state index contributed by atoms with van der Waals surface area (Å²) in [5.74, 6) is 0.177. The molecule has 3 aromatic heterocycles. The van der Waals surface area contributed by atoms with Gasteiger partial charge >= 0.3 is 0 Å². The third-order valence-electron chi connectivity index (χ3n) is 6.69. The van der Waals surface area contributed by atoms with Gasteiger partial charge in [0.1, 0.15) is 5.82 Å². The Kier molecular flexibility index (Phi) is 6.41. The van der Waals surface area contributed by atoms with Crippen LogP contribution in [0.15, 0.2) is 78.1 Å². The summed E-state index contributed by atoms with van der Waals surface area (Å²) >= 11 is 0. The maximum absolute atomic E-state index is 13.2. The Morgan fingerprint density at radius 2 is 1.81 bits per heavy atom. The maximum atomic E-state index is 13.2. The van der Waals surface area contributed by atoms with E-state index in [2.05, 4.69) is 45.3 Å². The lowest BCUT2D eigenvalue weighted by Crippen LogP contribution is -2.41. The summed E-state index contributed by atoms with van der Waals surface area (Å²) in [5, 5.41) is 1.85. The topological polar surface area (TPSA) is 105 Å². The summed E-state index contributed by atoms with van der Waals surface area (Å²) in [6, 6.07) is 17.8. The number of carbonyl (C=O) groups is 1. The normalized spacial score (nSPS) is 17.2. The SMILES string of the molecule is CC1CN(c2ncccc2C(=O)NS(=O)(=O)c2cccc(Cc3cc4ccccc4cn3)n2)C(C)(C)C1. The molecule has 1 amide bonds. The highest BCUT2D eigenvalue weighted by molar-refractivity contribution is 7.90. The summed E-state index contributed by atoms with van der Waals surface area (Å²) < 4.78 is 28.5. The molecule has 1 aromatic carbocycles. The van der Waals surface area contributed by atoms with Gasteiger partial charge in [-0.2, -0.15) is 8.42 Å². The zero-order chi connectivity index (χ0) is 26.2. The van der Waals surface area contributed by atoms with Crippen molar-refractivity contribution in [1.29, 1.82) is 0 Å². The van der Waals surface area contributed by atoms with Gasteiger partial charge in [-0.05, 0) is 61.9 Å². The number of anilines is 1. The van der Waals surface area contributed by atoms with Crippen LogP contribution in [-0.2, 0) is 16.4 Å². The second kappa shape index (κ2) is 9.55. The molecule has 1 saturated heterocycles. The van der Waals surface area contributed by atoms with Crippen molar-refractivity contribution < 1.29 is 13.2 Å². The van der Waals surface area contributed by atoms with E-state index in [-0.39, 0.29) is 16.1 Å². The summed E-state index contributed by atoms with van der Waals surface area (Å²) in [6.45, 7) is 7.09. The van der Waals surface area contributed by atoms with Crippen molar-refractivity contribution in [2.45, 2.75) is 44.2 Å². The number of amides is 1. The first-order valence-corrected chi connectivity index (χ1v) is 13.7. The number of pyridine rings is 3. The number of rotatable bonds is 6. The fourth-order valence-electron chi connectivity index (χ4n) is 5.10. The van der Waals surface area contributed by atoms with E-state index in [0.29, 0.717) is 23.9 Å². The average molecular weight is 516 g/mol. The van der Waals surface area contributed by atoms with Gasteiger partial charge in [-0.1, -0.05) is 37.3 Å². The number of fused-ring (bicyclic) bond motifs is 1. The molecule has 37 heavy (non-hydrogen) atoms. The zero-order valence-corrected chi connectivity index (χ0v) is 21.9. The van der Waals surface area contributed by atoms with Gasteiger partial charge in [0.25, 0.3) is 15.9 Å². The van der Waals surface area contributed by atoms with E-state index in [4.69, 9.17) is 0 Å². The number of hydrogen-bond acceptors (Lipinski definition) is 7. The molecule has 190 valence electrons. The first-order chi connectivity index (χ1) is 17.6. The van der Waals surface area contributed by atoms with Gasteiger partial charge < -0.3 is 4.90 Å². The van der Waals surface area contributed by atoms with Crippen LogP contribution in [0.25, 0.3) is 10.8 Å². The van der Waals surface area contributed by atoms with Crippen LogP contribution >= 0.6 is 0 Å². The van der Waals surface area contributed by atoms with Crippen molar-refractivity contribution in [3.8, 4) is 0 Å². The van der Waals surface area contributed by atoms with Crippen molar-refractivity contribution in [3.05, 3.63) is 90.0 Å². The van der Waals surface area contributed by atoms with Crippen molar-refractivity contribution in [1.82, 2.24) is 19.7 Å². The largest absolute Gasteiger partial charge is 0.351 e. The van der Waals surface area contributed by atoms with E-state index in [0.717, 1.165) is 29.4 Å². The zero-order valence-electron chi connectivity index (χ0n) is 21.0. The van der Waals surface area contributed by atoms with E-state index in [1.807, 2.05) is 30.3 Å². The van der Waals surface area contributed by atoms with Crippen molar-refractivity contribution in [3.63, 3.8) is 0 Å². The van der Waals surface area contributed by atoms with Crippen LogP contribution in [0.3, 0.4) is 0 Å². The van der Waals surface area contributed by atoms with Crippen molar-refractivity contribution in [2.75, 3.05) is 11.4 Å². The molecule has 4 heterocycles. The van der Waals surface area contributed by atoms with Crippen molar-refractivity contribution >= 4 is 32.5 Å². The molecule has 1 aliphatic heterocycles. The van der Waals surface area contributed by atoms with Gasteiger partial charge in [0, 0.05) is 47.7 Å². The lowest BCUT2D eigenvalue weighted by molar-refractivity contribution is 0.0981. The lowest BCUT2D eigenvalue weighted by Gasteiger charge is -2.33. The molecule has 5 rings (SSSR count). The van der Waals surface area contributed by atoms with Crippen LogP contribution < -0.4 is 9.62 Å². The smallest absolute Gasteiger partial charge is 0.281 e. The van der Waals surface area contributed by atoms with Gasteiger partial charge in [-0.25, -0.2) is 14.7 Å². The first-order valence-electron chi connectivity index (χ1n) is 12.2. The molecule has 8 nitrogen and oxygen atoms in total. The van der Waals surface area contributed by atoms with Gasteiger partial charge in [0.15, 0.2) is 5.03 Å². The number of nitrogens with one attached hydrogen (secondary N) is 1. The molecule has 9 heteroatoms. The Labute approximate surface area is 216 Å². The van der Waals surface area contributed by atoms with Crippen LogP contribution in [0.2, 0.25) is 0 Å². The molecule has 1 aliphatic rings. The number of carbonyl (C=O) groups excluding carboxylic acids is 1. The average Bonchev–Trinajstić information content (AvgIpc) is 3.15. The number of aromatic nitrogens is 3. The Morgan fingerprint density at radius 3 is 2.57 bits per heavy atom. The van der Waals surface area contributed by atoms with Crippen LogP contribution in [0.5, 0.6) is 0 Å². The predicted molar refractivity (Wildman–Crippen MR) is 143 cm³/mol. The second-order valence-corrected chi connectivity index (χ2v) is 11.8. The monoisotopic (exact) mass is 515 g/mol. The highest BCUT2D eigenvalue weighted by Gasteiger charge is 2.39. The standard InChI is InChI=1S/C28H29N5O3S/c1-19-16-28(2,3)33(18-19)26-24(11-7-13-29-26)27(34)32-37(35,36)25-12-6-10-22(31-25)15-23-14-20-8-4-5-9-21(20)17-30-23/h4-14,17,19H,15-16,18H2,1-3H3,(H,32,34). The molecular formula is C28H29N5O3S. The van der Waals surface area contributed by atoms with Gasteiger partial charge in [0.2, 0.25) is 0 Å². The Balaban J connectivity index is 1.38. The fraction of sp³-hybridized carbons (Fsp3) is 0.286. The third kappa shape index (κ3) is 5.17. The molecule has 0 spiro atoms. The minimum Gasteiger partial charge on any atom is -0.351 e. The van der Waals surface area contributed by atoms with E-state index < -0.39 is 15.9 Å². The van der Waals surface area contributed by atoms with E-state index >= 15 is 0 Å². The van der Waals surface area contributed by atoms with Gasteiger partial charge in [-0.15, -0.1) is 0 Å². The van der Waals surface area contributed by atoms with Gasteiger partial charge in [-0.3, -0.25) is 9.78 Å². The maximum Gasteiger partial charge on any atom is 0.281 e. The van der Waals surface area contributed by atoms with Crippen molar-refractivity contribution in [2.24, 2.45) is 5.92 Å². The van der Waals surface area contributed by atoms with Crippen LogP contribution in [-0.4, -0.2) is 41.4 Å². The molecule has 1 N–H and O–H groups in total. The quantitative estimate of drug-likeness (QED) is 0.407. The molecule has 0 saturated carbocycles. The van der Waals surface area contributed by atoms with E-state index in [1.165, 1.54) is 6.07 Å². The van der Waals surface area contributed by atoms with Crippen LogP contribution in [0, 0.1) is 5.92 Å². The van der Waals surface area contributed by atoms with Crippen LogP contribution in [0.4, 0.5) is 5.82 Å². The summed E-state index contributed by atoms with van der Waals surface area (Å²) in [4.78, 5) is 28.5. The minimum absolute atomic E-state index is 0.200. The molecule has 1 unspecified atom stereocenters. The fourth-order valence-corrected chi connectivity index (χ4v) is 6.05. The molecule has 1 atom stereocenters. The summed E-state index contributed by atoms with van der Waals surface area (Å²) in [6.07, 6.45) is 4.72. The number of sulfonamides is 1. The lowest BCUT2D eigenvalue weighted by atomic mass is 9.97. The van der Waals surface area contributed by atoms with E-state index in [1.54, 1.807) is 36.7 Å². The number of hydrogen-bond donors (Lipinski definition) is 1. The summed E-state index contributed by atoms with van der Waals surface area (Å²) in [5.41, 5.74) is 1.32. The van der Waals surface area contributed by atoms with Crippen LogP contribution in [0.1, 0.15) is 48.9 Å². The van der Waals surface area contributed by atoms with Gasteiger partial charge in [0.05, 0.1) is 5.56 Å². The summed E-state index contributed by atoms with van der Waals surface area (Å²) in [7, 11) is -4.21. The van der Waals surface area contributed by atoms with E-state index in [9.17, 15) is 13.2 Å². The molecule has 4 aromatic rings. The Hall–Kier alpha value is -3.85. The highest BCUT2D eigenvalue weighted by atomic mass is 32.2. The third-order valence-corrected chi connectivity index (χ3v) is 7.93. The molecule has 0 radical (unpaired) electrons. The second-order valence-electron chi connectivity index (χ2n) is 10.2. The molecular weight excluding hydrogens is 486 g/mol. The highest BCUT2D eigenvalue weighted by Crippen LogP contribution is 2.37. The number of nitrogens with zero attached hydrogens (tertiary/aromatic N) is 4. The molecule has 0 aliphatic carbocycles. The molecule has 1 fully saturated rings. The number of benzene rings is 1. The predicted octanol–water partition coefficient (Wildman–Crippen LogP) is 4.36. The Bertz CT molecular complexity index is 1590. The minimum atomic E-state index is -4.21. The first kappa shape index (κ1) is 24.8.